The highest BCUT2D eigenvalue weighted by Crippen LogP contribution is 2.25. The highest BCUT2D eigenvalue weighted by Gasteiger charge is 2.22. The number of pyridine rings is 1. The van der Waals surface area contributed by atoms with E-state index in [2.05, 4.69) is 4.98 Å². The van der Waals surface area contributed by atoms with Crippen molar-refractivity contribution in [3.05, 3.63) is 27.9 Å². The summed E-state index contributed by atoms with van der Waals surface area (Å²) in [7, 11) is 0.463. The number of alkyl halides is 2. The Kier molecular flexibility index (Phi) is 3.38. The molecule has 1 aromatic heterocycles. The summed E-state index contributed by atoms with van der Waals surface area (Å²) in [5, 5.41) is 9.38. The first-order valence-corrected chi connectivity index (χ1v) is 5.92. The molecule has 16 heavy (non-hydrogen) atoms. The summed E-state index contributed by atoms with van der Waals surface area (Å²) in [4.78, 5) is 12.3. The molecule has 0 saturated heterocycles. The topological polar surface area (TPSA) is 90.2 Å². The second-order valence-corrected chi connectivity index (χ2v) is 5.10. The zero-order valence-corrected chi connectivity index (χ0v) is 8.87. The molecular formula is C6H3ClF2N2O4S. The second-order valence-electron chi connectivity index (χ2n) is 2.58. The lowest BCUT2D eigenvalue weighted by Crippen LogP contribution is -2.02. The maximum Gasteiger partial charge on any atom is 0.280 e. The van der Waals surface area contributed by atoms with E-state index in [9.17, 15) is 27.3 Å². The molecular weight excluding hydrogens is 270 g/mol. The number of halogens is 3. The van der Waals surface area contributed by atoms with E-state index < -0.39 is 36.8 Å². The van der Waals surface area contributed by atoms with Gasteiger partial charge < -0.3 is 0 Å². The van der Waals surface area contributed by atoms with E-state index >= 15 is 0 Å². The van der Waals surface area contributed by atoms with Gasteiger partial charge in [0.15, 0.2) is 5.03 Å². The standard InChI is InChI=1S/C6H3ClF2N2O4S/c7-16(14,15)5-2-3(11(12)13)1-4(10-5)6(8)9/h1-2,6H. The van der Waals surface area contributed by atoms with Crippen molar-refractivity contribution in [3.63, 3.8) is 0 Å². The third kappa shape index (κ3) is 2.83. The van der Waals surface area contributed by atoms with Gasteiger partial charge in [-0.05, 0) is 0 Å². The minimum Gasteiger partial charge on any atom is -0.258 e. The summed E-state index contributed by atoms with van der Waals surface area (Å²) in [5.41, 5.74) is -1.84. The number of hydrogen-bond donors (Lipinski definition) is 0. The number of aromatic nitrogens is 1. The predicted molar refractivity (Wildman–Crippen MR) is 48.9 cm³/mol. The summed E-state index contributed by atoms with van der Waals surface area (Å²) < 4.78 is 46.1. The van der Waals surface area contributed by atoms with Crippen molar-refractivity contribution in [2.75, 3.05) is 0 Å². The molecule has 0 fully saturated rings. The largest absolute Gasteiger partial charge is 0.280 e. The normalized spacial score (nSPS) is 11.8. The Morgan fingerprint density at radius 1 is 1.44 bits per heavy atom. The molecule has 1 rings (SSSR count). The van der Waals surface area contributed by atoms with Crippen molar-refractivity contribution >= 4 is 25.4 Å². The molecule has 10 heteroatoms. The molecule has 0 aliphatic rings. The van der Waals surface area contributed by atoms with Crippen molar-refractivity contribution in [3.8, 4) is 0 Å². The lowest BCUT2D eigenvalue weighted by molar-refractivity contribution is -0.385. The summed E-state index contributed by atoms with van der Waals surface area (Å²) in [6.45, 7) is 0. The minimum atomic E-state index is -4.39. The Balaban J connectivity index is 3.48. The first-order valence-electron chi connectivity index (χ1n) is 3.61. The van der Waals surface area contributed by atoms with Gasteiger partial charge in [-0.1, -0.05) is 0 Å². The van der Waals surface area contributed by atoms with E-state index in [-0.39, 0.29) is 0 Å². The third-order valence-corrected chi connectivity index (χ3v) is 2.67. The summed E-state index contributed by atoms with van der Waals surface area (Å²) in [6, 6.07) is 0.991. The Bertz CT molecular complexity index is 533. The number of nitro groups is 1. The van der Waals surface area contributed by atoms with E-state index in [0.29, 0.717) is 12.1 Å². The van der Waals surface area contributed by atoms with Gasteiger partial charge in [0.25, 0.3) is 21.2 Å². The molecule has 1 aromatic rings. The number of nitrogens with zero attached hydrogens (tertiary/aromatic N) is 2. The van der Waals surface area contributed by atoms with Crippen LogP contribution in [0.5, 0.6) is 0 Å². The van der Waals surface area contributed by atoms with E-state index in [1.807, 2.05) is 0 Å². The Hall–Kier alpha value is -1.35. The van der Waals surface area contributed by atoms with Crippen LogP contribution < -0.4 is 0 Å². The Labute approximate surface area is 92.4 Å². The fourth-order valence-corrected chi connectivity index (χ4v) is 1.57. The van der Waals surface area contributed by atoms with E-state index in [1.165, 1.54) is 0 Å². The average Bonchev–Trinajstić information content (AvgIpc) is 2.15. The first-order chi connectivity index (χ1) is 7.21. The summed E-state index contributed by atoms with van der Waals surface area (Å²) in [6.07, 6.45) is -3.13. The van der Waals surface area contributed by atoms with Crippen LogP contribution in [0.4, 0.5) is 14.5 Å². The van der Waals surface area contributed by atoms with Gasteiger partial charge in [0, 0.05) is 16.7 Å². The monoisotopic (exact) mass is 272 g/mol. The molecule has 6 nitrogen and oxygen atoms in total. The minimum absolute atomic E-state index is 0.482. The van der Waals surface area contributed by atoms with Gasteiger partial charge in [0.1, 0.15) is 5.69 Å². The predicted octanol–water partition coefficient (Wildman–Crippen LogP) is 1.85. The van der Waals surface area contributed by atoms with Gasteiger partial charge in [0.05, 0.1) is 11.0 Å². The van der Waals surface area contributed by atoms with E-state index in [0.717, 1.165) is 0 Å². The van der Waals surface area contributed by atoms with E-state index in [4.69, 9.17) is 10.7 Å². The average molecular weight is 273 g/mol. The number of hydrogen-bond acceptors (Lipinski definition) is 5. The van der Waals surface area contributed by atoms with Crippen LogP contribution in [-0.4, -0.2) is 18.3 Å². The van der Waals surface area contributed by atoms with Crippen LogP contribution in [0.1, 0.15) is 12.1 Å². The van der Waals surface area contributed by atoms with Crippen molar-refractivity contribution < 1.29 is 22.1 Å². The fourth-order valence-electron chi connectivity index (χ4n) is 0.854. The molecule has 1 heterocycles. The van der Waals surface area contributed by atoms with Crippen LogP contribution in [-0.2, 0) is 9.05 Å². The number of rotatable bonds is 3. The SMILES string of the molecule is O=[N+]([O-])c1cc(C(F)F)nc(S(=O)(=O)Cl)c1. The highest BCUT2D eigenvalue weighted by molar-refractivity contribution is 8.13. The molecule has 0 aliphatic carbocycles. The Morgan fingerprint density at radius 2 is 2.00 bits per heavy atom. The molecule has 0 spiro atoms. The Morgan fingerprint density at radius 3 is 2.38 bits per heavy atom. The maximum atomic E-state index is 12.3. The lowest BCUT2D eigenvalue weighted by atomic mass is 10.3. The van der Waals surface area contributed by atoms with Crippen LogP contribution in [0, 0.1) is 10.1 Å². The molecule has 0 radical (unpaired) electrons. The molecule has 0 atom stereocenters. The van der Waals surface area contributed by atoms with Crippen LogP contribution in [0.2, 0.25) is 0 Å². The second kappa shape index (κ2) is 4.26. The van der Waals surface area contributed by atoms with Crippen LogP contribution in [0.3, 0.4) is 0 Å². The fraction of sp³-hybridized carbons (Fsp3) is 0.167. The molecule has 0 N–H and O–H groups in total. The highest BCUT2D eigenvalue weighted by atomic mass is 35.7. The van der Waals surface area contributed by atoms with Gasteiger partial charge in [0.2, 0.25) is 0 Å². The smallest absolute Gasteiger partial charge is 0.258 e. The van der Waals surface area contributed by atoms with Crippen molar-refractivity contribution in [1.82, 2.24) is 4.98 Å². The van der Waals surface area contributed by atoms with Crippen molar-refractivity contribution in [1.29, 1.82) is 0 Å². The van der Waals surface area contributed by atoms with Crippen LogP contribution in [0.15, 0.2) is 17.2 Å². The molecule has 0 saturated carbocycles. The van der Waals surface area contributed by atoms with Crippen LogP contribution in [0.25, 0.3) is 0 Å². The molecule has 0 aromatic carbocycles. The third-order valence-electron chi connectivity index (χ3n) is 1.49. The quantitative estimate of drug-likeness (QED) is 0.476. The molecule has 0 aliphatic heterocycles. The lowest BCUT2D eigenvalue weighted by Gasteiger charge is -2.01. The molecule has 0 unspecified atom stereocenters. The van der Waals surface area contributed by atoms with Gasteiger partial charge in [-0.3, -0.25) is 10.1 Å². The zero-order valence-electron chi connectivity index (χ0n) is 7.30. The molecule has 88 valence electrons. The first kappa shape index (κ1) is 12.7. The maximum absolute atomic E-state index is 12.3. The van der Waals surface area contributed by atoms with Gasteiger partial charge in [-0.2, -0.15) is 0 Å². The zero-order chi connectivity index (χ0) is 12.5. The summed E-state index contributed by atoms with van der Waals surface area (Å²) in [5.74, 6) is 0. The summed E-state index contributed by atoms with van der Waals surface area (Å²) >= 11 is 0. The van der Waals surface area contributed by atoms with E-state index in [1.54, 1.807) is 0 Å². The van der Waals surface area contributed by atoms with Crippen LogP contribution >= 0.6 is 10.7 Å². The van der Waals surface area contributed by atoms with Gasteiger partial charge in [-0.25, -0.2) is 22.2 Å². The van der Waals surface area contributed by atoms with Gasteiger partial charge in [-0.15, -0.1) is 0 Å². The van der Waals surface area contributed by atoms with Crippen molar-refractivity contribution in [2.45, 2.75) is 11.5 Å². The molecule has 0 bridgehead atoms. The van der Waals surface area contributed by atoms with Gasteiger partial charge >= 0.3 is 0 Å². The van der Waals surface area contributed by atoms with Crippen molar-refractivity contribution in [2.24, 2.45) is 0 Å². The molecule has 0 amide bonds.